The van der Waals surface area contributed by atoms with Gasteiger partial charge in [0.15, 0.2) is 6.61 Å². The van der Waals surface area contributed by atoms with Gasteiger partial charge in [-0.25, -0.2) is 4.79 Å². The molecule has 0 saturated carbocycles. The van der Waals surface area contributed by atoms with Crippen molar-refractivity contribution < 1.29 is 24.0 Å². The Labute approximate surface area is 144 Å². The highest BCUT2D eigenvalue weighted by Crippen LogP contribution is 2.22. The molecule has 1 aromatic heterocycles. The van der Waals surface area contributed by atoms with Crippen molar-refractivity contribution in [1.82, 2.24) is 15.0 Å². The van der Waals surface area contributed by atoms with Crippen molar-refractivity contribution in [3.8, 4) is 5.75 Å². The van der Waals surface area contributed by atoms with E-state index in [9.17, 15) is 14.7 Å². The molecule has 25 heavy (non-hydrogen) atoms. The second-order valence-electron chi connectivity index (χ2n) is 5.77. The van der Waals surface area contributed by atoms with Gasteiger partial charge in [-0.3, -0.25) is 4.79 Å². The number of aryl methyl sites for hydroxylation is 1. The molecule has 0 radical (unpaired) electrons. The van der Waals surface area contributed by atoms with Crippen LogP contribution in [-0.4, -0.2) is 44.6 Å². The highest BCUT2D eigenvalue weighted by Gasteiger charge is 2.34. The van der Waals surface area contributed by atoms with E-state index in [0.717, 1.165) is 0 Å². The van der Waals surface area contributed by atoms with Crippen LogP contribution < -0.4 is 4.74 Å². The standard InChI is InChI=1S/C17H19N3O5/c1-2-15-18-14(19-25-15)10-24-12-7-5-11(6-8-12)16(21)20-9-3-4-13(20)17(22)23/h5-8,13H,2-4,9-10H2,1H3,(H,22,23)/t13-/m0/s1. The minimum Gasteiger partial charge on any atom is -0.485 e. The summed E-state index contributed by atoms with van der Waals surface area (Å²) in [5.74, 6) is 0.340. The van der Waals surface area contributed by atoms with Crippen LogP contribution in [0.25, 0.3) is 0 Å². The highest BCUT2D eigenvalue weighted by atomic mass is 16.5. The van der Waals surface area contributed by atoms with E-state index in [-0.39, 0.29) is 12.5 Å². The minimum absolute atomic E-state index is 0.171. The normalized spacial score (nSPS) is 16.8. The lowest BCUT2D eigenvalue weighted by atomic mass is 10.1. The van der Waals surface area contributed by atoms with Gasteiger partial charge in [-0.05, 0) is 37.1 Å². The molecular formula is C17H19N3O5. The number of aromatic nitrogens is 2. The zero-order valence-corrected chi connectivity index (χ0v) is 13.8. The molecule has 8 nitrogen and oxygen atoms in total. The van der Waals surface area contributed by atoms with E-state index in [1.54, 1.807) is 24.3 Å². The molecule has 132 valence electrons. The molecule has 1 N–H and O–H groups in total. The zero-order valence-electron chi connectivity index (χ0n) is 13.8. The quantitative estimate of drug-likeness (QED) is 0.852. The first-order valence-corrected chi connectivity index (χ1v) is 8.16. The molecule has 1 amide bonds. The van der Waals surface area contributed by atoms with Gasteiger partial charge in [0, 0.05) is 18.5 Å². The van der Waals surface area contributed by atoms with Crippen molar-refractivity contribution >= 4 is 11.9 Å². The van der Waals surface area contributed by atoms with E-state index in [1.807, 2.05) is 6.92 Å². The van der Waals surface area contributed by atoms with E-state index in [2.05, 4.69) is 10.1 Å². The van der Waals surface area contributed by atoms with Gasteiger partial charge < -0.3 is 19.3 Å². The first kappa shape index (κ1) is 16.9. The lowest BCUT2D eigenvalue weighted by molar-refractivity contribution is -0.141. The SMILES string of the molecule is CCc1nc(COc2ccc(C(=O)N3CCC[C@H]3C(=O)O)cc2)no1. The largest absolute Gasteiger partial charge is 0.485 e. The van der Waals surface area contributed by atoms with Gasteiger partial charge >= 0.3 is 5.97 Å². The summed E-state index contributed by atoms with van der Waals surface area (Å²) in [5.41, 5.74) is 0.438. The van der Waals surface area contributed by atoms with Crippen molar-refractivity contribution in [3.05, 3.63) is 41.5 Å². The summed E-state index contributed by atoms with van der Waals surface area (Å²) in [6.07, 6.45) is 1.86. The average Bonchev–Trinajstić information content (AvgIpc) is 3.29. The molecule has 1 aliphatic heterocycles. The van der Waals surface area contributed by atoms with E-state index in [4.69, 9.17) is 9.26 Å². The van der Waals surface area contributed by atoms with Crippen LogP contribution in [0.15, 0.2) is 28.8 Å². The Morgan fingerprint density at radius 1 is 1.36 bits per heavy atom. The Hall–Kier alpha value is -2.90. The van der Waals surface area contributed by atoms with Gasteiger partial charge in [0.05, 0.1) is 0 Å². The first-order valence-electron chi connectivity index (χ1n) is 8.16. The number of aliphatic carboxylic acids is 1. The van der Waals surface area contributed by atoms with Gasteiger partial charge in [0.25, 0.3) is 5.91 Å². The number of carbonyl (C=O) groups is 2. The van der Waals surface area contributed by atoms with Crippen molar-refractivity contribution in [2.45, 2.75) is 38.8 Å². The van der Waals surface area contributed by atoms with E-state index in [1.165, 1.54) is 4.90 Å². The second kappa shape index (κ2) is 7.33. The Morgan fingerprint density at radius 2 is 2.12 bits per heavy atom. The number of carboxylic acids is 1. The fraction of sp³-hybridized carbons (Fsp3) is 0.412. The topological polar surface area (TPSA) is 106 Å². The van der Waals surface area contributed by atoms with Crippen LogP contribution in [0.5, 0.6) is 5.75 Å². The molecule has 1 saturated heterocycles. The maximum Gasteiger partial charge on any atom is 0.326 e. The van der Waals surface area contributed by atoms with E-state index >= 15 is 0 Å². The van der Waals surface area contributed by atoms with Crippen LogP contribution in [0.4, 0.5) is 0 Å². The lowest BCUT2D eigenvalue weighted by Crippen LogP contribution is -2.40. The zero-order chi connectivity index (χ0) is 17.8. The number of carbonyl (C=O) groups excluding carboxylic acids is 1. The van der Waals surface area contributed by atoms with Crippen LogP contribution in [0, 0.1) is 0 Å². The molecular weight excluding hydrogens is 326 g/mol. The molecule has 1 aromatic carbocycles. The van der Waals surface area contributed by atoms with E-state index < -0.39 is 12.0 Å². The Balaban J connectivity index is 1.61. The van der Waals surface area contributed by atoms with Crippen LogP contribution >= 0.6 is 0 Å². The monoisotopic (exact) mass is 345 g/mol. The molecule has 1 atom stereocenters. The maximum absolute atomic E-state index is 12.5. The average molecular weight is 345 g/mol. The highest BCUT2D eigenvalue weighted by molar-refractivity contribution is 5.97. The Bertz CT molecular complexity index is 756. The third kappa shape index (κ3) is 3.78. The van der Waals surface area contributed by atoms with Gasteiger partial charge in [0.1, 0.15) is 11.8 Å². The van der Waals surface area contributed by atoms with Gasteiger partial charge in [-0.15, -0.1) is 0 Å². The summed E-state index contributed by atoms with van der Waals surface area (Å²) in [7, 11) is 0. The minimum atomic E-state index is -0.961. The summed E-state index contributed by atoms with van der Waals surface area (Å²) in [5, 5.41) is 13.0. The predicted octanol–water partition coefficient (Wildman–Crippen LogP) is 1.90. The maximum atomic E-state index is 12.5. The fourth-order valence-corrected chi connectivity index (χ4v) is 2.77. The van der Waals surface area contributed by atoms with Crippen molar-refractivity contribution in [3.63, 3.8) is 0 Å². The molecule has 0 aliphatic carbocycles. The number of carboxylic acid groups (broad SMARTS) is 1. The smallest absolute Gasteiger partial charge is 0.326 e. The molecule has 0 unspecified atom stereocenters. The fourth-order valence-electron chi connectivity index (χ4n) is 2.77. The number of hydrogen-bond acceptors (Lipinski definition) is 6. The Kier molecular flexibility index (Phi) is 4.97. The molecule has 2 heterocycles. The molecule has 3 rings (SSSR count). The molecule has 8 heteroatoms. The summed E-state index contributed by atoms with van der Waals surface area (Å²) in [6, 6.07) is 5.85. The number of hydrogen-bond donors (Lipinski definition) is 1. The van der Waals surface area contributed by atoms with E-state index in [0.29, 0.717) is 48.8 Å². The van der Waals surface area contributed by atoms with Crippen LogP contribution in [0.2, 0.25) is 0 Å². The van der Waals surface area contributed by atoms with Crippen LogP contribution in [0.1, 0.15) is 41.8 Å². The predicted molar refractivity (Wildman–Crippen MR) is 86.1 cm³/mol. The lowest BCUT2D eigenvalue weighted by Gasteiger charge is -2.21. The molecule has 0 bridgehead atoms. The van der Waals surface area contributed by atoms with Crippen LogP contribution in [0.3, 0.4) is 0 Å². The molecule has 2 aromatic rings. The third-order valence-corrected chi connectivity index (χ3v) is 4.08. The van der Waals surface area contributed by atoms with Crippen molar-refractivity contribution in [2.75, 3.05) is 6.54 Å². The Morgan fingerprint density at radius 3 is 2.76 bits per heavy atom. The first-order chi connectivity index (χ1) is 12.1. The molecule has 1 aliphatic rings. The van der Waals surface area contributed by atoms with Gasteiger partial charge in [0.2, 0.25) is 11.7 Å². The van der Waals surface area contributed by atoms with Gasteiger partial charge in [-0.1, -0.05) is 12.1 Å². The van der Waals surface area contributed by atoms with Crippen molar-refractivity contribution in [1.29, 1.82) is 0 Å². The third-order valence-electron chi connectivity index (χ3n) is 4.08. The number of nitrogens with zero attached hydrogens (tertiary/aromatic N) is 3. The summed E-state index contributed by atoms with van der Waals surface area (Å²) >= 11 is 0. The summed E-state index contributed by atoms with van der Waals surface area (Å²) in [4.78, 5) is 29.2. The number of amides is 1. The number of likely N-dealkylation sites (tertiary alicyclic amines) is 1. The second-order valence-corrected chi connectivity index (χ2v) is 5.77. The summed E-state index contributed by atoms with van der Waals surface area (Å²) < 4.78 is 10.6. The number of rotatable bonds is 6. The number of ether oxygens (including phenoxy) is 1. The van der Waals surface area contributed by atoms with Crippen molar-refractivity contribution in [2.24, 2.45) is 0 Å². The number of benzene rings is 1. The summed E-state index contributed by atoms with van der Waals surface area (Å²) in [6.45, 7) is 2.55. The molecule has 1 fully saturated rings. The van der Waals surface area contributed by atoms with Crippen LogP contribution in [-0.2, 0) is 17.8 Å². The molecule has 0 spiro atoms. The van der Waals surface area contributed by atoms with Gasteiger partial charge in [-0.2, -0.15) is 4.98 Å².